The summed E-state index contributed by atoms with van der Waals surface area (Å²) in [5.74, 6) is -0.570. The third-order valence-electron chi connectivity index (χ3n) is 2.88. The Morgan fingerprint density at radius 1 is 1.37 bits per heavy atom. The van der Waals surface area contributed by atoms with E-state index in [0.717, 1.165) is 0 Å². The first kappa shape index (κ1) is 13.8. The van der Waals surface area contributed by atoms with E-state index < -0.39 is 24.5 Å². The lowest BCUT2D eigenvalue weighted by Gasteiger charge is -2.14. The molecule has 0 bridgehead atoms. The molecule has 0 amide bonds. The summed E-state index contributed by atoms with van der Waals surface area (Å²) in [5, 5.41) is 9.08. The summed E-state index contributed by atoms with van der Waals surface area (Å²) in [6.07, 6.45) is -7.90. The van der Waals surface area contributed by atoms with Crippen molar-refractivity contribution in [3.8, 4) is 0 Å². The molecule has 104 valence electrons. The number of halogens is 4. The highest BCUT2D eigenvalue weighted by atomic mass is 19.4. The topological polar surface area (TPSA) is 38.0 Å². The molecule has 1 atom stereocenters. The molecule has 0 radical (unpaired) electrons. The molecule has 7 heteroatoms. The zero-order valence-corrected chi connectivity index (χ0v) is 10.1. The third-order valence-corrected chi connectivity index (χ3v) is 2.88. The van der Waals surface area contributed by atoms with Crippen molar-refractivity contribution in [2.45, 2.75) is 32.2 Å². The van der Waals surface area contributed by atoms with Crippen LogP contribution in [0.1, 0.15) is 12.7 Å². The lowest BCUT2D eigenvalue weighted by Crippen LogP contribution is -2.31. The molecule has 0 saturated carbocycles. The first-order valence-corrected chi connectivity index (χ1v) is 5.73. The van der Waals surface area contributed by atoms with E-state index in [-0.39, 0.29) is 11.3 Å². The van der Waals surface area contributed by atoms with Crippen molar-refractivity contribution in [1.29, 1.82) is 0 Å². The van der Waals surface area contributed by atoms with Gasteiger partial charge in [-0.2, -0.15) is 13.2 Å². The molecule has 1 heterocycles. The Morgan fingerprint density at radius 2 is 2.05 bits per heavy atom. The Kier molecular flexibility index (Phi) is 3.49. The minimum absolute atomic E-state index is 0.0208. The number of benzene rings is 1. The second kappa shape index (κ2) is 4.80. The summed E-state index contributed by atoms with van der Waals surface area (Å²) in [5.41, 5.74) is 0.445. The van der Waals surface area contributed by atoms with Crippen LogP contribution < -0.4 is 0 Å². The predicted octanol–water partition coefficient (Wildman–Crippen LogP) is 2.66. The van der Waals surface area contributed by atoms with Gasteiger partial charge in [0.1, 0.15) is 11.3 Å². The summed E-state index contributed by atoms with van der Waals surface area (Å²) < 4.78 is 52.0. The normalized spacial score (nSPS) is 14.0. The van der Waals surface area contributed by atoms with Gasteiger partial charge in [0.2, 0.25) is 0 Å². The fraction of sp³-hybridized carbons (Fsp3) is 0.417. The molecule has 1 aromatic carbocycles. The first-order chi connectivity index (χ1) is 8.84. The molecule has 0 aliphatic heterocycles. The molecule has 0 aliphatic carbocycles. The summed E-state index contributed by atoms with van der Waals surface area (Å²) in [7, 11) is 0. The lowest BCUT2D eigenvalue weighted by atomic mass is 10.2. The Labute approximate surface area is 106 Å². The largest absolute Gasteiger partial charge is 0.414 e. The molecule has 1 unspecified atom stereocenters. The van der Waals surface area contributed by atoms with Crippen molar-refractivity contribution in [3.63, 3.8) is 0 Å². The van der Waals surface area contributed by atoms with Gasteiger partial charge in [-0.25, -0.2) is 9.37 Å². The zero-order chi connectivity index (χ0) is 14.2. The number of alkyl halides is 3. The second-order valence-electron chi connectivity index (χ2n) is 4.14. The number of aliphatic hydroxyl groups is 1. The number of nitrogens with zero attached hydrogens (tertiary/aromatic N) is 2. The SMILES string of the molecule is CCn1c(CC(O)C(F)(F)F)nc2c(F)cccc21. The molecule has 0 saturated heterocycles. The first-order valence-electron chi connectivity index (χ1n) is 5.73. The van der Waals surface area contributed by atoms with Crippen molar-refractivity contribution in [3.05, 3.63) is 29.8 Å². The van der Waals surface area contributed by atoms with Gasteiger partial charge in [-0.1, -0.05) is 6.07 Å². The Morgan fingerprint density at radius 3 is 2.63 bits per heavy atom. The minimum Gasteiger partial charge on any atom is -0.383 e. The highest BCUT2D eigenvalue weighted by molar-refractivity contribution is 5.76. The van der Waals surface area contributed by atoms with Crippen molar-refractivity contribution >= 4 is 11.0 Å². The van der Waals surface area contributed by atoms with Crippen LogP contribution in [0, 0.1) is 5.82 Å². The zero-order valence-electron chi connectivity index (χ0n) is 10.1. The van der Waals surface area contributed by atoms with E-state index >= 15 is 0 Å². The van der Waals surface area contributed by atoms with E-state index in [0.29, 0.717) is 12.1 Å². The number of hydrogen-bond acceptors (Lipinski definition) is 2. The van der Waals surface area contributed by atoms with Crippen LogP contribution in [-0.2, 0) is 13.0 Å². The van der Waals surface area contributed by atoms with Gasteiger partial charge in [0.25, 0.3) is 0 Å². The number of rotatable bonds is 3. The van der Waals surface area contributed by atoms with Crippen LogP contribution in [0.4, 0.5) is 17.6 Å². The number of aromatic nitrogens is 2. The minimum atomic E-state index is -4.71. The van der Waals surface area contributed by atoms with Crippen LogP contribution in [-0.4, -0.2) is 26.9 Å². The van der Waals surface area contributed by atoms with Crippen molar-refractivity contribution in [1.82, 2.24) is 9.55 Å². The van der Waals surface area contributed by atoms with E-state index in [2.05, 4.69) is 4.98 Å². The number of hydrogen-bond donors (Lipinski definition) is 1. The van der Waals surface area contributed by atoms with E-state index in [1.54, 1.807) is 13.0 Å². The van der Waals surface area contributed by atoms with Gasteiger partial charge < -0.3 is 9.67 Å². The smallest absolute Gasteiger partial charge is 0.383 e. The number of aryl methyl sites for hydroxylation is 1. The summed E-state index contributed by atoms with van der Waals surface area (Å²) in [6, 6.07) is 4.24. The van der Waals surface area contributed by atoms with Crippen LogP contribution >= 0.6 is 0 Å². The van der Waals surface area contributed by atoms with Gasteiger partial charge in [0.05, 0.1) is 5.52 Å². The second-order valence-corrected chi connectivity index (χ2v) is 4.14. The van der Waals surface area contributed by atoms with Crippen molar-refractivity contribution in [2.75, 3.05) is 0 Å². The van der Waals surface area contributed by atoms with Crippen LogP contribution in [0.2, 0.25) is 0 Å². The average molecular weight is 276 g/mol. The van der Waals surface area contributed by atoms with Gasteiger partial charge in [0, 0.05) is 13.0 Å². The number of para-hydroxylation sites is 1. The fourth-order valence-electron chi connectivity index (χ4n) is 1.96. The number of imidazole rings is 1. The maximum atomic E-state index is 13.5. The molecule has 0 aliphatic rings. The van der Waals surface area contributed by atoms with Gasteiger partial charge in [-0.05, 0) is 19.1 Å². The Hall–Kier alpha value is -1.63. The third kappa shape index (κ3) is 2.56. The molecular formula is C12H12F4N2O. The van der Waals surface area contributed by atoms with E-state index in [4.69, 9.17) is 5.11 Å². The highest BCUT2D eigenvalue weighted by Gasteiger charge is 2.39. The van der Waals surface area contributed by atoms with Gasteiger partial charge in [0.15, 0.2) is 11.9 Å². The summed E-state index contributed by atoms with van der Waals surface area (Å²) >= 11 is 0. The van der Waals surface area contributed by atoms with Crippen LogP contribution in [0.3, 0.4) is 0 Å². The Bertz CT molecular complexity index is 591. The Balaban J connectivity index is 2.46. The fourth-order valence-corrected chi connectivity index (χ4v) is 1.96. The van der Waals surface area contributed by atoms with Gasteiger partial charge in [-0.3, -0.25) is 0 Å². The molecule has 3 nitrogen and oxygen atoms in total. The van der Waals surface area contributed by atoms with E-state index in [1.807, 2.05) is 0 Å². The summed E-state index contributed by atoms with van der Waals surface area (Å²) in [6.45, 7) is 2.06. The van der Waals surface area contributed by atoms with Crippen molar-refractivity contribution < 1.29 is 22.7 Å². The number of fused-ring (bicyclic) bond motifs is 1. The van der Waals surface area contributed by atoms with E-state index in [9.17, 15) is 17.6 Å². The van der Waals surface area contributed by atoms with Crippen LogP contribution in [0.5, 0.6) is 0 Å². The molecule has 1 aromatic heterocycles. The molecule has 19 heavy (non-hydrogen) atoms. The number of aliphatic hydroxyl groups excluding tert-OH is 1. The van der Waals surface area contributed by atoms with E-state index in [1.165, 1.54) is 16.7 Å². The molecule has 0 fully saturated rings. The predicted molar refractivity (Wildman–Crippen MR) is 61.1 cm³/mol. The molecule has 2 rings (SSSR count). The monoisotopic (exact) mass is 276 g/mol. The van der Waals surface area contributed by atoms with Crippen LogP contribution in [0.15, 0.2) is 18.2 Å². The highest BCUT2D eigenvalue weighted by Crippen LogP contribution is 2.25. The van der Waals surface area contributed by atoms with Crippen LogP contribution in [0.25, 0.3) is 11.0 Å². The lowest BCUT2D eigenvalue weighted by molar-refractivity contribution is -0.203. The molecule has 1 N–H and O–H groups in total. The summed E-state index contributed by atoms with van der Waals surface area (Å²) in [4.78, 5) is 3.86. The standard InChI is InChI=1S/C12H12F4N2O/c1-2-18-8-5-3-4-7(13)11(8)17-10(18)6-9(19)12(14,15)16/h3-5,9,19H,2,6H2,1H3. The van der Waals surface area contributed by atoms with Crippen molar-refractivity contribution in [2.24, 2.45) is 0 Å². The van der Waals surface area contributed by atoms with Gasteiger partial charge >= 0.3 is 6.18 Å². The quantitative estimate of drug-likeness (QED) is 0.875. The van der Waals surface area contributed by atoms with Gasteiger partial charge in [-0.15, -0.1) is 0 Å². The molecular weight excluding hydrogens is 264 g/mol. The average Bonchev–Trinajstić information content (AvgIpc) is 2.67. The maximum Gasteiger partial charge on any atom is 0.414 e. The molecule has 2 aromatic rings. The maximum absolute atomic E-state index is 13.5. The molecule has 0 spiro atoms.